The number of halogens is 1. The Morgan fingerprint density at radius 3 is 3.10 bits per heavy atom. The maximum absolute atomic E-state index is 13.8. The maximum Gasteiger partial charge on any atom is 0.323 e. The number of esters is 1. The van der Waals surface area contributed by atoms with Crippen LogP contribution in [0.5, 0.6) is 0 Å². The van der Waals surface area contributed by atoms with Gasteiger partial charge in [0.25, 0.3) is 0 Å². The van der Waals surface area contributed by atoms with Crippen LogP contribution < -0.4 is 0 Å². The van der Waals surface area contributed by atoms with Crippen LogP contribution in [0.4, 0.5) is 4.39 Å². The van der Waals surface area contributed by atoms with Gasteiger partial charge >= 0.3 is 5.97 Å². The summed E-state index contributed by atoms with van der Waals surface area (Å²) in [6.45, 7) is 2.51. The number of carbonyl (C=O) groups is 1. The van der Waals surface area contributed by atoms with Gasteiger partial charge in [-0.15, -0.1) is 11.3 Å². The van der Waals surface area contributed by atoms with Gasteiger partial charge in [-0.05, 0) is 24.9 Å². The fourth-order valence-electron chi connectivity index (χ4n) is 3.25. The summed E-state index contributed by atoms with van der Waals surface area (Å²) in [4.78, 5) is 17.1. The van der Waals surface area contributed by atoms with Crippen molar-refractivity contribution in [2.24, 2.45) is 0 Å². The third kappa shape index (κ3) is 3.44. The minimum atomic E-state index is -0.765. The Hall–Kier alpha value is -0.980. The number of hydrogen-bond acceptors (Lipinski definition) is 5. The highest BCUT2D eigenvalue weighted by Gasteiger charge is 2.36. The zero-order valence-electron chi connectivity index (χ0n) is 12.2. The topological polar surface area (TPSA) is 32.8 Å². The second-order valence-corrected chi connectivity index (χ2v) is 6.94. The Labute approximate surface area is 128 Å². The average Bonchev–Trinajstić information content (AvgIpc) is 3.13. The average molecular weight is 312 g/mol. The third-order valence-corrected chi connectivity index (χ3v) is 5.22. The number of alkyl halides is 1. The molecule has 6 heteroatoms. The SMILES string of the molecule is CN(C[C@@H]1C[C@H](F)CN1Cc1cccs1)[C@H]1CCOC1=O. The monoisotopic (exact) mass is 312 g/mol. The molecule has 0 aromatic carbocycles. The second-order valence-electron chi connectivity index (χ2n) is 5.91. The first-order chi connectivity index (χ1) is 10.1. The highest BCUT2D eigenvalue weighted by molar-refractivity contribution is 7.09. The molecule has 0 radical (unpaired) electrons. The zero-order chi connectivity index (χ0) is 14.8. The summed E-state index contributed by atoms with van der Waals surface area (Å²) in [5.41, 5.74) is 0. The first-order valence-electron chi connectivity index (χ1n) is 7.41. The quantitative estimate of drug-likeness (QED) is 0.778. The summed E-state index contributed by atoms with van der Waals surface area (Å²) in [5, 5.41) is 2.05. The number of ether oxygens (including phenoxy) is 1. The van der Waals surface area contributed by atoms with Gasteiger partial charge in [0.05, 0.1) is 6.61 Å². The lowest BCUT2D eigenvalue weighted by Gasteiger charge is -2.29. The van der Waals surface area contributed by atoms with Crippen molar-refractivity contribution < 1.29 is 13.9 Å². The second kappa shape index (κ2) is 6.42. The Kier molecular flexibility index (Phi) is 4.57. The van der Waals surface area contributed by atoms with E-state index in [1.807, 2.05) is 23.4 Å². The van der Waals surface area contributed by atoms with E-state index < -0.39 is 6.17 Å². The Bertz CT molecular complexity index is 482. The van der Waals surface area contributed by atoms with Crippen molar-refractivity contribution in [2.45, 2.75) is 37.6 Å². The fraction of sp³-hybridized carbons (Fsp3) is 0.667. The number of likely N-dealkylation sites (tertiary alicyclic amines) is 1. The van der Waals surface area contributed by atoms with E-state index >= 15 is 0 Å². The van der Waals surface area contributed by atoms with E-state index in [2.05, 4.69) is 11.0 Å². The number of nitrogens with zero attached hydrogens (tertiary/aromatic N) is 2. The number of carbonyl (C=O) groups excluding carboxylic acids is 1. The van der Waals surface area contributed by atoms with Crippen LogP contribution in [0.2, 0.25) is 0 Å². The molecule has 0 bridgehead atoms. The molecule has 3 rings (SSSR count). The van der Waals surface area contributed by atoms with Crippen LogP contribution in [0.15, 0.2) is 17.5 Å². The summed E-state index contributed by atoms with van der Waals surface area (Å²) in [7, 11) is 1.94. The minimum Gasteiger partial charge on any atom is -0.464 e. The van der Waals surface area contributed by atoms with Gasteiger partial charge in [0.1, 0.15) is 12.2 Å². The fourth-order valence-corrected chi connectivity index (χ4v) is 3.98. The molecule has 1 aromatic rings. The van der Waals surface area contributed by atoms with Crippen molar-refractivity contribution in [1.29, 1.82) is 0 Å². The van der Waals surface area contributed by atoms with E-state index in [0.29, 0.717) is 26.1 Å². The van der Waals surface area contributed by atoms with Crippen molar-refractivity contribution in [3.8, 4) is 0 Å². The number of rotatable bonds is 5. The van der Waals surface area contributed by atoms with E-state index in [1.54, 1.807) is 11.3 Å². The van der Waals surface area contributed by atoms with E-state index in [-0.39, 0.29) is 18.1 Å². The summed E-state index contributed by atoms with van der Waals surface area (Å²) >= 11 is 1.71. The van der Waals surface area contributed by atoms with Crippen LogP contribution in [-0.4, -0.2) is 60.8 Å². The van der Waals surface area contributed by atoms with Gasteiger partial charge in [0.2, 0.25) is 0 Å². The van der Waals surface area contributed by atoms with Gasteiger partial charge in [0, 0.05) is 37.0 Å². The van der Waals surface area contributed by atoms with Gasteiger partial charge in [0.15, 0.2) is 0 Å². The molecule has 2 aliphatic rings. The van der Waals surface area contributed by atoms with E-state index in [1.165, 1.54) is 4.88 Å². The molecule has 0 spiro atoms. The molecule has 21 heavy (non-hydrogen) atoms. The predicted octanol–water partition coefficient (Wildman–Crippen LogP) is 1.91. The number of cyclic esters (lactones) is 1. The third-order valence-electron chi connectivity index (χ3n) is 4.35. The molecule has 0 N–H and O–H groups in total. The van der Waals surface area contributed by atoms with Gasteiger partial charge in [-0.25, -0.2) is 4.39 Å². The van der Waals surface area contributed by atoms with Crippen LogP contribution in [0.3, 0.4) is 0 Å². The molecule has 3 atom stereocenters. The van der Waals surface area contributed by atoms with Gasteiger partial charge in [-0.3, -0.25) is 14.6 Å². The predicted molar refractivity (Wildman–Crippen MR) is 80.0 cm³/mol. The van der Waals surface area contributed by atoms with E-state index in [9.17, 15) is 9.18 Å². The smallest absolute Gasteiger partial charge is 0.323 e. The highest BCUT2D eigenvalue weighted by atomic mass is 32.1. The summed E-state index contributed by atoms with van der Waals surface area (Å²) in [6.07, 6.45) is 0.530. The standard InChI is InChI=1S/C15H21FN2O2S/c1-17(14-4-5-20-15(14)19)9-12-7-11(16)8-18(12)10-13-3-2-6-21-13/h2-3,6,11-12,14H,4-5,7-10H2,1H3/t11-,12-,14-/m0/s1. The van der Waals surface area contributed by atoms with Crippen LogP contribution in [0, 0.1) is 0 Å². The lowest BCUT2D eigenvalue weighted by molar-refractivity contribution is -0.142. The van der Waals surface area contributed by atoms with Crippen LogP contribution in [0.25, 0.3) is 0 Å². The molecule has 1 aromatic heterocycles. The van der Waals surface area contributed by atoms with Crippen LogP contribution >= 0.6 is 11.3 Å². The van der Waals surface area contributed by atoms with Crippen LogP contribution in [-0.2, 0) is 16.1 Å². The highest BCUT2D eigenvalue weighted by Crippen LogP contribution is 2.26. The van der Waals surface area contributed by atoms with E-state index in [4.69, 9.17) is 4.74 Å². The minimum absolute atomic E-state index is 0.142. The molecular weight excluding hydrogens is 291 g/mol. The van der Waals surface area contributed by atoms with Gasteiger partial charge < -0.3 is 4.74 Å². The Morgan fingerprint density at radius 1 is 1.57 bits per heavy atom. The molecule has 0 unspecified atom stereocenters. The number of hydrogen-bond donors (Lipinski definition) is 0. The summed E-state index contributed by atoms with van der Waals surface area (Å²) in [6, 6.07) is 4.12. The molecular formula is C15H21FN2O2S. The molecule has 0 saturated carbocycles. The molecule has 2 aliphatic heterocycles. The zero-order valence-corrected chi connectivity index (χ0v) is 13.0. The molecule has 2 fully saturated rings. The summed E-state index contributed by atoms with van der Waals surface area (Å²) < 4.78 is 18.8. The van der Waals surface area contributed by atoms with Gasteiger partial charge in [-0.2, -0.15) is 0 Å². The molecule has 3 heterocycles. The van der Waals surface area contributed by atoms with Crippen LogP contribution in [0.1, 0.15) is 17.7 Å². The van der Waals surface area contributed by atoms with Crippen molar-refractivity contribution in [3.05, 3.63) is 22.4 Å². The largest absolute Gasteiger partial charge is 0.464 e. The Balaban J connectivity index is 1.60. The molecule has 116 valence electrons. The lowest BCUT2D eigenvalue weighted by atomic mass is 10.1. The number of likely N-dealkylation sites (N-methyl/N-ethyl adjacent to an activating group) is 1. The number of thiophene rings is 1. The maximum atomic E-state index is 13.8. The Morgan fingerprint density at radius 2 is 2.43 bits per heavy atom. The normalized spacial score (nSPS) is 30.2. The van der Waals surface area contributed by atoms with Gasteiger partial charge in [-0.1, -0.05) is 6.07 Å². The first-order valence-corrected chi connectivity index (χ1v) is 8.29. The first kappa shape index (κ1) is 14.9. The lowest BCUT2D eigenvalue weighted by Crippen LogP contribution is -2.44. The molecule has 0 aliphatic carbocycles. The van der Waals surface area contributed by atoms with Crippen molar-refractivity contribution >= 4 is 17.3 Å². The van der Waals surface area contributed by atoms with Crippen molar-refractivity contribution in [1.82, 2.24) is 9.80 Å². The van der Waals surface area contributed by atoms with E-state index in [0.717, 1.165) is 13.0 Å². The van der Waals surface area contributed by atoms with Crippen molar-refractivity contribution in [2.75, 3.05) is 26.7 Å². The van der Waals surface area contributed by atoms with Crippen molar-refractivity contribution in [3.63, 3.8) is 0 Å². The molecule has 0 amide bonds. The molecule has 2 saturated heterocycles. The summed E-state index contributed by atoms with van der Waals surface area (Å²) in [5.74, 6) is -0.142. The molecule has 4 nitrogen and oxygen atoms in total.